The predicted octanol–water partition coefficient (Wildman–Crippen LogP) is 5.86. The van der Waals surface area contributed by atoms with E-state index >= 15 is 0 Å². The van der Waals surface area contributed by atoms with Gasteiger partial charge in [0.2, 0.25) is 0 Å². The van der Waals surface area contributed by atoms with Crippen LogP contribution < -0.4 is 16.2 Å². The standard InChI is InChI=1S/C28H34F2N4OS2/c1-15-9-24(37-4)22(26(35)32-15)14-31-27(36)25-17(3)34(23-8-6-5-7-21(23)25)16(2)18-10-19(11-18)33-20-12-28(29,30)13-20/h5-9,16,18-20,33H,10-14H2,1-4H3,(H,31,36)(H,32,35)/t16-,18?,19?/m1/s1. The lowest BCUT2D eigenvalue weighted by molar-refractivity contribution is -0.0981. The van der Waals surface area contributed by atoms with Crippen LogP contribution in [0.2, 0.25) is 0 Å². The van der Waals surface area contributed by atoms with Gasteiger partial charge in [0.25, 0.3) is 11.5 Å². The largest absolute Gasteiger partial charge is 0.371 e. The fourth-order valence-corrected chi connectivity index (χ4v) is 7.05. The van der Waals surface area contributed by atoms with Gasteiger partial charge in [-0.2, -0.15) is 0 Å². The van der Waals surface area contributed by atoms with Crippen LogP contribution in [0.25, 0.3) is 10.9 Å². The van der Waals surface area contributed by atoms with Gasteiger partial charge in [-0.05, 0) is 57.9 Å². The minimum Gasteiger partial charge on any atom is -0.371 e. The Hall–Kier alpha value is -2.23. The summed E-state index contributed by atoms with van der Waals surface area (Å²) in [4.78, 5) is 17.1. The third-order valence-electron chi connectivity index (χ3n) is 8.08. The number of aryl methyl sites for hydroxylation is 1. The molecule has 1 aromatic carbocycles. The molecule has 2 aromatic heterocycles. The molecule has 5 rings (SSSR count). The van der Waals surface area contributed by atoms with Crippen LogP contribution in [0.5, 0.6) is 0 Å². The normalized spacial score (nSPS) is 21.9. The predicted molar refractivity (Wildman–Crippen MR) is 151 cm³/mol. The maximum Gasteiger partial charge on any atom is 0.254 e. The molecule has 9 heteroatoms. The van der Waals surface area contributed by atoms with Gasteiger partial charge in [-0.15, -0.1) is 11.8 Å². The molecule has 1 atom stereocenters. The van der Waals surface area contributed by atoms with Gasteiger partial charge >= 0.3 is 0 Å². The molecule has 2 fully saturated rings. The zero-order valence-corrected chi connectivity index (χ0v) is 23.3. The van der Waals surface area contributed by atoms with Crippen molar-refractivity contribution < 1.29 is 8.78 Å². The minimum absolute atomic E-state index is 0.0359. The number of rotatable bonds is 8. The Labute approximate surface area is 225 Å². The van der Waals surface area contributed by atoms with E-state index in [2.05, 4.69) is 46.2 Å². The molecule has 2 aliphatic rings. The van der Waals surface area contributed by atoms with Crippen molar-refractivity contribution in [2.24, 2.45) is 5.92 Å². The summed E-state index contributed by atoms with van der Waals surface area (Å²) in [5.41, 5.74) is 4.67. The SMILES string of the molecule is CSc1cc(C)[nH]c(=O)c1CNC(=S)c1c(C)n([C@H](C)C2CC(NC3CC(F)(F)C3)C2)c2ccccc12. The summed E-state index contributed by atoms with van der Waals surface area (Å²) in [7, 11) is 0. The maximum absolute atomic E-state index is 13.2. The quantitative estimate of drug-likeness (QED) is 0.245. The van der Waals surface area contributed by atoms with Crippen LogP contribution in [0.4, 0.5) is 8.78 Å². The van der Waals surface area contributed by atoms with Gasteiger partial charge < -0.3 is 20.2 Å². The summed E-state index contributed by atoms with van der Waals surface area (Å²) in [5, 5.41) is 7.87. The van der Waals surface area contributed by atoms with E-state index in [-0.39, 0.29) is 30.5 Å². The van der Waals surface area contributed by atoms with Crippen molar-refractivity contribution in [3.8, 4) is 0 Å². The van der Waals surface area contributed by atoms with Crippen LogP contribution in [0.1, 0.15) is 61.2 Å². The molecule has 0 spiro atoms. The number of para-hydroxylation sites is 1. The molecule has 0 bridgehead atoms. The number of halogens is 2. The molecule has 0 unspecified atom stereocenters. The molecule has 3 N–H and O–H groups in total. The van der Waals surface area contributed by atoms with Crippen LogP contribution in [0, 0.1) is 19.8 Å². The Morgan fingerprint density at radius 2 is 1.95 bits per heavy atom. The Balaban J connectivity index is 1.33. The van der Waals surface area contributed by atoms with Crippen molar-refractivity contribution in [3.63, 3.8) is 0 Å². The van der Waals surface area contributed by atoms with Crippen molar-refractivity contribution in [1.82, 2.24) is 20.2 Å². The first kappa shape index (κ1) is 26.4. The molecule has 5 nitrogen and oxygen atoms in total. The molecule has 2 aliphatic carbocycles. The monoisotopic (exact) mass is 544 g/mol. The van der Waals surface area contributed by atoms with Gasteiger partial charge in [-0.3, -0.25) is 4.79 Å². The van der Waals surface area contributed by atoms with E-state index in [1.165, 1.54) is 0 Å². The lowest BCUT2D eigenvalue weighted by atomic mass is 9.74. The third-order valence-corrected chi connectivity index (χ3v) is 9.24. The first-order valence-corrected chi connectivity index (χ1v) is 14.5. The number of nitrogens with one attached hydrogen (secondary N) is 3. The summed E-state index contributed by atoms with van der Waals surface area (Å²) < 4.78 is 28.8. The van der Waals surface area contributed by atoms with Gasteiger partial charge in [0, 0.05) is 75.8 Å². The second-order valence-corrected chi connectivity index (χ2v) is 11.9. The number of fused-ring (bicyclic) bond motifs is 1. The number of pyridine rings is 1. The molecular weight excluding hydrogens is 510 g/mol. The second-order valence-electron chi connectivity index (χ2n) is 10.7. The molecule has 0 amide bonds. The molecule has 2 heterocycles. The molecule has 37 heavy (non-hydrogen) atoms. The van der Waals surface area contributed by atoms with Gasteiger partial charge in [-0.25, -0.2) is 8.78 Å². The topological polar surface area (TPSA) is 61.9 Å². The number of hydrogen-bond acceptors (Lipinski definition) is 4. The van der Waals surface area contributed by atoms with E-state index in [9.17, 15) is 13.6 Å². The first-order chi connectivity index (χ1) is 17.6. The highest BCUT2D eigenvalue weighted by Crippen LogP contribution is 2.43. The van der Waals surface area contributed by atoms with Crippen molar-refractivity contribution in [2.45, 2.75) is 81.9 Å². The van der Waals surface area contributed by atoms with Crippen molar-refractivity contribution in [3.05, 3.63) is 63.2 Å². The average Bonchev–Trinajstić information content (AvgIpc) is 3.09. The zero-order valence-electron chi connectivity index (χ0n) is 21.7. The summed E-state index contributed by atoms with van der Waals surface area (Å²) in [5.74, 6) is -2.01. The number of H-pyrrole nitrogens is 1. The van der Waals surface area contributed by atoms with Gasteiger partial charge in [0.05, 0.1) is 0 Å². The highest BCUT2D eigenvalue weighted by atomic mass is 32.2. The Kier molecular flexibility index (Phi) is 7.24. The second kappa shape index (κ2) is 10.2. The molecule has 0 radical (unpaired) electrons. The molecule has 2 saturated carbocycles. The summed E-state index contributed by atoms with van der Waals surface area (Å²) in [6.07, 6.45) is 3.87. The van der Waals surface area contributed by atoms with E-state index in [1.807, 2.05) is 31.4 Å². The molecule has 0 aliphatic heterocycles. The molecule has 198 valence electrons. The van der Waals surface area contributed by atoms with E-state index in [0.29, 0.717) is 29.1 Å². The molecule has 3 aromatic rings. The third kappa shape index (κ3) is 5.10. The van der Waals surface area contributed by atoms with Crippen molar-refractivity contribution in [2.75, 3.05) is 6.26 Å². The van der Waals surface area contributed by atoms with Crippen molar-refractivity contribution >= 4 is 39.9 Å². The number of thiocarbonyl (C=S) groups is 1. The fourth-order valence-electron chi connectivity index (χ4n) is 6.01. The van der Waals surface area contributed by atoms with Crippen LogP contribution in [0.3, 0.4) is 0 Å². The maximum atomic E-state index is 13.2. The van der Waals surface area contributed by atoms with Crippen LogP contribution in [0.15, 0.2) is 40.0 Å². The fraction of sp³-hybridized carbons (Fsp3) is 0.500. The highest BCUT2D eigenvalue weighted by molar-refractivity contribution is 7.98. The van der Waals surface area contributed by atoms with Gasteiger partial charge in [0.15, 0.2) is 0 Å². The Bertz CT molecular complexity index is 1380. The zero-order chi connectivity index (χ0) is 26.5. The van der Waals surface area contributed by atoms with Gasteiger partial charge in [-0.1, -0.05) is 30.4 Å². The lowest BCUT2D eigenvalue weighted by Crippen LogP contribution is -2.55. The molecular formula is C28H34F2N4OS2. The van der Waals surface area contributed by atoms with Gasteiger partial charge in [0.1, 0.15) is 4.99 Å². The number of aromatic amines is 1. The lowest BCUT2D eigenvalue weighted by Gasteiger charge is -2.45. The molecule has 0 saturated heterocycles. The number of aromatic nitrogens is 2. The number of alkyl halides is 2. The number of benzene rings is 1. The Morgan fingerprint density at radius 3 is 2.62 bits per heavy atom. The highest BCUT2D eigenvalue weighted by Gasteiger charge is 2.47. The minimum atomic E-state index is -2.48. The summed E-state index contributed by atoms with van der Waals surface area (Å²) in [6.45, 7) is 6.59. The number of nitrogens with zero attached hydrogens (tertiary/aromatic N) is 1. The van der Waals surface area contributed by atoms with Crippen LogP contribution in [-0.2, 0) is 6.54 Å². The summed E-state index contributed by atoms with van der Waals surface area (Å²) >= 11 is 7.44. The summed E-state index contributed by atoms with van der Waals surface area (Å²) in [6, 6.07) is 10.8. The first-order valence-electron chi connectivity index (χ1n) is 12.9. The van der Waals surface area contributed by atoms with Crippen LogP contribution >= 0.6 is 24.0 Å². The number of hydrogen-bond donors (Lipinski definition) is 3. The van der Waals surface area contributed by atoms with E-state index < -0.39 is 5.92 Å². The van der Waals surface area contributed by atoms with E-state index in [0.717, 1.165) is 45.6 Å². The van der Waals surface area contributed by atoms with Crippen molar-refractivity contribution in [1.29, 1.82) is 0 Å². The van der Waals surface area contributed by atoms with Crippen LogP contribution in [-0.4, -0.2) is 38.8 Å². The van der Waals surface area contributed by atoms with E-state index in [4.69, 9.17) is 12.2 Å². The Morgan fingerprint density at radius 1 is 1.24 bits per heavy atom. The average molecular weight is 545 g/mol. The van der Waals surface area contributed by atoms with E-state index in [1.54, 1.807) is 11.8 Å². The number of thioether (sulfide) groups is 1. The smallest absolute Gasteiger partial charge is 0.254 e.